The van der Waals surface area contributed by atoms with Crippen LogP contribution >= 0.6 is 39.1 Å². The Balaban J connectivity index is 2.13. The molecule has 0 saturated heterocycles. The van der Waals surface area contributed by atoms with Crippen LogP contribution in [0.2, 0.25) is 5.02 Å². The van der Waals surface area contributed by atoms with E-state index >= 15 is 0 Å². The summed E-state index contributed by atoms with van der Waals surface area (Å²) >= 11 is 15.6. The Hall–Kier alpha value is -0.570. The lowest BCUT2D eigenvalue weighted by atomic mass is 9.94. The van der Waals surface area contributed by atoms with E-state index in [2.05, 4.69) is 22.0 Å². The second-order valence-electron chi connectivity index (χ2n) is 4.76. The van der Waals surface area contributed by atoms with Gasteiger partial charge < -0.3 is 0 Å². The minimum Gasteiger partial charge on any atom is -0.207 e. The molecule has 106 valence electrons. The van der Waals surface area contributed by atoms with Gasteiger partial charge in [0.2, 0.25) is 0 Å². The molecule has 0 spiro atoms. The highest BCUT2D eigenvalue weighted by Gasteiger charge is 2.15. The van der Waals surface area contributed by atoms with E-state index in [1.807, 2.05) is 18.2 Å². The molecule has 0 aliphatic heterocycles. The van der Waals surface area contributed by atoms with Gasteiger partial charge >= 0.3 is 0 Å². The zero-order valence-electron chi connectivity index (χ0n) is 10.8. The lowest BCUT2D eigenvalue weighted by Crippen LogP contribution is -2.11. The minimum absolute atomic E-state index is 0.153. The van der Waals surface area contributed by atoms with Gasteiger partial charge in [-0.1, -0.05) is 45.7 Å². The molecule has 0 aromatic heterocycles. The van der Waals surface area contributed by atoms with Crippen molar-refractivity contribution in [1.29, 1.82) is 0 Å². The van der Waals surface area contributed by atoms with Crippen molar-refractivity contribution in [3.63, 3.8) is 0 Å². The van der Waals surface area contributed by atoms with Crippen molar-refractivity contribution < 1.29 is 4.39 Å². The van der Waals surface area contributed by atoms with Crippen LogP contribution in [-0.2, 0) is 12.8 Å². The van der Waals surface area contributed by atoms with Crippen LogP contribution in [0.25, 0.3) is 0 Å². The number of hydrogen-bond donors (Lipinski definition) is 0. The van der Waals surface area contributed by atoms with Gasteiger partial charge in [-0.25, -0.2) is 4.39 Å². The van der Waals surface area contributed by atoms with Crippen molar-refractivity contribution in [3.05, 3.63) is 68.9 Å². The summed E-state index contributed by atoms with van der Waals surface area (Å²) < 4.78 is 14.8. The van der Waals surface area contributed by atoms with E-state index in [4.69, 9.17) is 23.2 Å². The third-order valence-corrected chi connectivity index (χ3v) is 4.47. The number of halogens is 4. The molecule has 2 aromatic rings. The molecule has 0 saturated carbocycles. The topological polar surface area (TPSA) is 0 Å². The number of hydrogen-bond acceptors (Lipinski definition) is 0. The minimum atomic E-state index is -0.262. The fourth-order valence-electron chi connectivity index (χ4n) is 2.19. The van der Waals surface area contributed by atoms with E-state index in [9.17, 15) is 4.39 Å². The second-order valence-corrected chi connectivity index (χ2v) is 6.39. The summed E-state index contributed by atoms with van der Waals surface area (Å²) in [6, 6.07) is 12.8. The Kier molecular flexibility index (Phi) is 5.88. The quantitative estimate of drug-likeness (QED) is 0.572. The third kappa shape index (κ3) is 4.21. The van der Waals surface area contributed by atoms with Crippen LogP contribution in [0, 0.1) is 11.7 Å². The van der Waals surface area contributed by atoms with Crippen LogP contribution in [0.1, 0.15) is 11.1 Å². The van der Waals surface area contributed by atoms with Crippen molar-refractivity contribution in [2.75, 3.05) is 5.88 Å². The van der Waals surface area contributed by atoms with E-state index in [0.29, 0.717) is 22.9 Å². The number of rotatable bonds is 5. The molecule has 0 aliphatic carbocycles. The highest BCUT2D eigenvalue weighted by atomic mass is 79.9. The molecular weight excluding hydrogens is 362 g/mol. The Labute approximate surface area is 137 Å². The van der Waals surface area contributed by atoms with E-state index in [1.54, 1.807) is 12.1 Å². The molecule has 0 nitrogen and oxygen atoms in total. The zero-order chi connectivity index (χ0) is 14.5. The predicted octanol–water partition coefficient (Wildman–Crippen LogP) is 5.88. The van der Waals surface area contributed by atoms with E-state index in [1.165, 1.54) is 11.6 Å². The molecule has 0 aliphatic rings. The molecule has 0 heterocycles. The molecule has 20 heavy (non-hydrogen) atoms. The van der Waals surface area contributed by atoms with Crippen LogP contribution in [0.15, 0.2) is 46.9 Å². The molecule has 0 fully saturated rings. The van der Waals surface area contributed by atoms with Crippen LogP contribution in [0.4, 0.5) is 4.39 Å². The zero-order valence-corrected chi connectivity index (χ0v) is 13.8. The van der Waals surface area contributed by atoms with Gasteiger partial charge in [0.1, 0.15) is 5.82 Å². The standard InChI is InChI=1S/C16H14BrCl2F/c17-13-4-1-3-11(8-13)7-12(10-18)9-14-15(19)5-2-6-16(14)20/h1-6,8,12H,7,9-10H2. The molecule has 0 amide bonds. The van der Waals surface area contributed by atoms with E-state index in [-0.39, 0.29) is 11.7 Å². The Morgan fingerprint density at radius 1 is 1.10 bits per heavy atom. The van der Waals surface area contributed by atoms with Gasteiger partial charge in [-0.05, 0) is 48.6 Å². The molecule has 0 N–H and O–H groups in total. The number of alkyl halides is 1. The molecule has 4 heteroatoms. The normalized spacial score (nSPS) is 12.4. The fraction of sp³-hybridized carbons (Fsp3) is 0.250. The van der Waals surface area contributed by atoms with Gasteiger partial charge in [0.25, 0.3) is 0 Å². The summed E-state index contributed by atoms with van der Waals surface area (Å²) in [5.41, 5.74) is 1.73. The van der Waals surface area contributed by atoms with Crippen molar-refractivity contribution in [2.45, 2.75) is 12.8 Å². The molecular formula is C16H14BrCl2F. The fourth-order valence-corrected chi connectivity index (χ4v) is 3.10. The van der Waals surface area contributed by atoms with Crippen LogP contribution in [-0.4, -0.2) is 5.88 Å². The summed E-state index contributed by atoms with van der Waals surface area (Å²) in [4.78, 5) is 0. The van der Waals surface area contributed by atoms with Gasteiger partial charge in [-0.2, -0.15) is 0 Å². The van der Waals surface area contributed by atoms with Crippen molar-refractivity contribution >= 4 is 39.1 Å². The van der Waals surface area contributed by atoms with Gasteiger partial charge in [0.15, 0.2) is 0 Å². The average molecular weight is 376 g/mol. The van der Waals surface area contributed by atoms with Crippen molar-refractivity contribution in [1.82, 2.24) is 0 Å². The molecule has 1 atom stereocenters. The number of benzene rings is 2. The smallest absolute Gasteiger partial charge is 0.127 e. The third-order valence-electron chi connectivity index (χ3n) is 3.19. The molecule has 0 radical (unpaired) electrons. The van der Waals surface area contributed by atoms with Crippen molar-refractivity contribution in [2.24, 2.45) is 5.92 Å². The van der Waals surface area contributed by atoms with Gasteiger partial charge in [-0.15, -0.1) is 11.6 Å². The first-order chi connectivity index (χ1) is 9.60. The first-order valence-corrected chi connectivity index (χ1v) is 8.04. The maximum atomic E-state index is 13.8. The van der Waals surface area contributed by atoms with E-state index < -0.39 is 0 Å². The summed E-state index contributed by atoms with van der Waals surface area (Å²) in [6.45, 7) is 0. The summed E-state index contributed by atoms with van der Waals surface area (Å²) in [7, 11) is 0. The SMILES string of the molecule is Fc1cccc(Cl)c1CC(CCl)Cc1cccc(Br)c1. The van der Waals surface area contributed by atoms with Crippen molar-refractivity contribution in [3.8, 4) is 0 Å². The summed E-state index contributed by atoms with van der Waals surface area (Å²) in [5, 5.41) is 0.467. The Bertz CT molecular complexity index is 566. The molecule has 1 unspecified atom stereocenters. The van der Waals surface area contributed by atoms with Gasteiger partial charge in [0.05, 0.1) is 0 Å². The molecule has 0 bridgehead atoms. The monoisotopic (exact) mass is 374 g/mol. The largest absolute Gasteiger partial charge is 0.207 e. The highest BCUT2D eigenvalue weighted by molar-refractivity contribution is 9.10. The molecule has 2 rings (SSSR count). The van der Waals surface area contributed by atoms with Crippen LogP contribution < -0.4 is 0 Å². The van der Waals surface area contributed by atoms with Gasteiger partial charge in [0, 0.05) is 20.9 Å². The lowest BCUT2D eigenvalue weighted by Gasteiger charge is -2.15. The first-order valence-electron chi connectivity index (χ1n) is 6.33. The highest BCUT2D eigenvalue weighted by Crippen LogP contribution is 2.25. The Morgan fingerprint density at radius 3 is 2.50 bits per heavy atom. The maximum Gasteiger partial charge on any atom is 0.127 e. The Morgan fingerprint density at radius 2 is 1.85 bits per heavy atom. The van der Waals surface area contributed by atoms with Gasteiger partial charge in [-0.3, -0.25) is 0 Å². The van der Waals surface area contributed by atoms with E-state index in [0.717, 1.165) is 10.9 Å². The second kappa shape index (κ2) is 7.44. The average Bonchev–Trinajstić information content (AvgIpc) is 2.42. The van der Waals surface area contributed by atoms with Crippen LogP contribution in [0.5, 0.6) is 0 Å². The first kappa shape index (κ1) is 15.8. The summed E-state index contributed by atoms with van der Waals surface area (Å²) in [5.74, 6) is 0.360. The lowest BCUT2D eigenvalue weighted by molar-refractivity contribution is 0.546. The summed E-state index contributed by atoms with van der Waals surface area (Å²) in [6.07, 6.45) is 1.34. The molecule has 2 aromatic carbocycles. The predicted molar refractivity (Wildman–Crippen MR) is 87.2 cm³/mol. The maximum absolute atomic E-state index is 13.8. The van der Waals surface area contributed by atoms with Crippen LogP contribution in [0.3, 0.4) is 0 Å².